The molecule has 19 heavy (non-hydrogen) atoms. The number of aliphatic hydroxyl groups excluding tert-OH is 1. The molecule has 2 aromatic carbocycles. The molecule has 0 aliphatic rings. The van der Waals surface area contributed by atoms with Gasteiger partial charge in [-0.1, -0.05) is 15.9 Å². The molecule has 0 spiro atoms. The number of ether oxygens (including phenoxy) is 1. The Morgan fingerprint density at radius 3 is 2.53 bits per heavy atom. The van der Waals surface area contributed by atoms with Crippen molar-refractivity contribution in [2.24, 2.45) is 0 Å². The summed E-state index contributed by atoms with van der Waals surface area (Å²) in [6.45, 7) is 0. The molecule has 1 atom stereocenters. The van der Waals surface area contributed by atoms with Crippen molar-refractivity contribution in [1.82, 2.24) is 0 Å². The second-order valence-electron chi connectivity index (χ2n) is 3.95. The van der Waals surface area contributed by atoms with Crippen LogP contribution in [0.1, 0.15) is 17.2 Å². The molecule has 100 valence electrons. The van der Waals surface area contributed by atoms with Crippen molar-refractivity contribution < 1.29 is 18.6 Å². The molecule has 2 rings (SSSR count). The summed E-state index contributed by atoms with van der Waals surface area (Å²) in [5.41, 5.74) is 0.234. The van der Waals surface area contributed by atoms with Crippen LogP contribution in [0, 0.1) is 11.6 Å². The van der Waals surface area contributed by atoms with Crippen molar-refractivity contribution in [2.75, 3.05) is 7.11 Å². The Kier molecular flexibility index (Phi) is 4.17. The van der Waals surface area contributed by atoms with Gasteiger partial charge in [-0.25, -0.2) is 8.78 Å². The lowest BCUT2D eigenvalue weighted by atomic mass is 10.00. The summed E-state index contributed by atoms with van der Waals surface area (Å²) in [4.78, 5) is 0. The quantitative estimate of drug-likeness (QED) is 0.928. The first-order valence-corrected chi connectivity index (χ1v) is 6.28. The van der Waals surface area contributed by atoms with E-state index in [1.165, 1.54) is 37.4 Å². The van der Waals surface area contributed by atoms with Crippen molar-refractivity contribution >= 4 is 15.9 Å². The number of methoxy groups -OCH3 is 1. The van der Waals surface area contributed by atoms with Gasteiger partial charge in [0.1, 0.15) is 23.5 Å². The zero-order chi connectivity index (χ0) is 14.0. The molecule has 0 saturated heterocycles. The lowest BCUT2D eigenvalue weighted by molar-refractivity contribution is 0.209. The lowest BCUT2D eigenvalue weighted by Gasteiger charge is -2.16. The maximum atomic E-state index is 13.7. The van der Waals surface area contributed by atoms with E-state index in [-0.39, 0.29) is 11.1 Å². The summed E-state index contributed by atoms with van der Waals surface area (Å²) >= 11 is 3.20. The number of aliphatic hydroxyl groups is 1. The van der Waals surface area contributed by atoms with Gasteiger partial charge in [0.2, 0.25) is 0 Å². The molecule has 0 amide bonds. The number of rotatable bonds is 3. The zero-order valence-electron chi connectivity index (χ0n) is 10.0. The minimum atomic E-state index is -1.30. The van der Waals surface area contributed by atoms with E-state index >= 15 is 0 Å². The molecular formula is C14H11BrF2O2. The summed E-state index contributed by atoms with van der Waals surface area (Å²) < 4.78 is 32.7. The Balaban J connectivity index is 2.51. The Labute approximate surface area is 117 Å². The third-order valence-electron chi connectivity index (χ3n) is 2.74. The normalized spacial score (nSPS) is 12.3. The number of hydrogen-bond donors (Lipinski definition) is 1. The predicted molar refractivity (Wildman–Crippen MR) is 71.1 cm³/mol. The average molecular weight is 329 g/mol. The fraction of sp³-hybridized carbons (Fsp3) is 0.143. The zero-order valence-corrected chi connectivity index (χ0v) is 11.6. The summed E-state index contributed by atoms with van der Waals surface area (Å²) in [5, 5.41) is 10.2. The Hall–Kier alpha value is -1.46. The lowest BCUT2D eigenvalue weighted by Crippen LogP contribution is -2.05. The van der Waals surface area contributed by atoms with E-state index in [1.807, 2.05) is 0 Å². The molecule has 0 saturated carbocycles. The van der Waals surface area contributed by atoms with E-state index in [0.29, 0.717) is 10.2 Å². The van der Waals surface area contributed by atoms with Crippen LogP contribution in [0.15, 0.2) is 40.9 Å². The van der Waals surface area contributed by atoms with Crippen molar-refractivity contribution in [1.29, 1.82) is 0 Å². The molecule has 2 aromatic rings. The Morgan fingerprint density at radius 1 is 1.11 bits per heavy atom. The van der Waals surface area contributed by atoms with Crippen LogP contribution in [-0.2, 0) is 0 Å². The number of benzene rings is 2. The standard InChI is InChI=1S/C14H11BrF2O2/c1-19-13-5-3-9(16)7-11(13)14(18)10-6-8(15)2-4-12(10)17/h2-7,14,18H,1H3. The molecular weight excluding hydrogens is 318 g/mol. The van der Waals surface area contributed by atoms with Crippen molar-refractivity contribution in [3.8, 4) is 5.75 Å². The third kappa shape index (κ3) is 2.93. The van der Waals surface area contributed by atoms with Gasteiger partial charge in [0, 0.05) is 15.6 Å². The molecule has 0 aromatic heterocycles. The fourth-order valence-corrected chi connectivity index (χ4v) is 2.19. The molecule has 0 aliphatic carbocycles. The SMILES string of the molecule is COc1ccc(F)cc1C(O)c1cc(Br)ccc1F. The van der Waals surface area contributed by atoms with Crippen LogP contribution in [0.5, 0.6) is 5.75 Å². The van der Waals surface area contributed by atoms with Crippen LogP contribution in [-0.4, -0.2) is 12.2 Å². The first-order chi connectivity index (χ1) is 9.02. The molecule has 0 bridgehead atoms. The fourth-order valence-electron chi connectivity index (χ4n) is 1.81. The van der Waals surface area contributed by atoms with Gasteiger partial charge in [-0.15, -0.1) is 0 Å². The molecule has 0 radical (unpaired) electrons. The first-order valence-electron chi connectivity index (χ1n) is 5.49. The number of halogens is 3. The maximum Gasteiger partial charge on any atom is 0.129 e. The third-order valence-corrected chi connectivity index (χ3v) is 3.23. The highest BCUT2D eigenvalue weighted by Gasteiger charge is 2.19. The van der Waals surface area contributed by atoms with Crippen LogP contribution in [0.2, 0.25) is 0 Å². The molecule has 5 heteroatoms. The summed E-state index contributed by atoms with van der Waals surface area (Å²) in [6, 6.07) is 7.94. The van der Waals surface area contributed by atoms with Crippen molar-refractivity contribution in [3.05, 3.63) is 63.6 Å². The van der Waals surface area contributed by atoms with Crippen LogP contribution in [0.3, 0.4) is 0 Å². The second-order valence-corrected chi connectivity index (χ2v) is 4.87. The van der Waals surface area contributed by atoms with Crippen molar-refractivity contribution in [3.63, 3.8) is 0 Å². The van der Waals surface area contributed by atoms with Gasteiger partial charge >= 0.3 is 0 Å². The monoisotopic (exact) mass is 328 g/mol. The highest BCUT2D eigenvalue weighted by molar-refractivity contribution is 9.10. The van der Waals surface area contributed by atoms with Gasteiger partial charge in [0.25, 0.3) is 0 Å². The van der Waals surface area contributed by atoms with Crippen LogP contribution >= 0.6 is 15.9 Å². The Morgan fingerprint density at radius 2 is 1.84 bits per heavy atom. The van der Waals surface area contributed by atoms with Gasteiger partial charge in [-0.3, -0.25) is 0 Å². The van der Waals surface area contributed by atoms with Crippen LogP contribution < -0.4 is 4.74 Å². The van der Waals surface area contributed by atoms with E-state index in [0.717, 1.165) is 6.07 Å². The summed E-state index contributed by atoms with van der Waals surface area (Å²) in [5.74, 6) is -0.791. The molecule has 0 aliphatic heterocycles. The molecule has 1 unspecified atom stereocenters. The molecule has 0 fully saturated rings. The first kappa shape index (κ1) is 14.0. The topological polar surface area (TPSA) is 29.5 Å². The van der Waals surface area contributed by atoms with Gasteiger partial charge in [0.05, 0.1) is 7.11 Å². The van der Waals surface area contributed by atoms with E-state index < -0.39 is 17.7 Å². The minimum absolute atomic E-state index is 0.0540. The Bertz CT molecular complexity index is 602. The van der Waals surface area contributed by atoms with Crippen molar-refractivity contribution in [2.45, 2.75) is 6.10 Å². The van der Waals surface area contributed by atoms with Gasteiger partial charge in [0.15, 0.2) is 0 Å². The predicted octanol–water partition coefficient (Wildman–Crippen LogP) is 3.82. The van der Waals surface area contributed by atoms with E-state index in [4.69, 9.17) is 4.74 Å². The average Bonchev–Trinajstić information content (AvgIpc) is 2.40. The van der Waals surface area contributed by atoms with Gasteiger partial charge in [-0.05, 0) is 36.4 Å². The van der Waals surface area contributed by atoms with Gasteiger partial charge in [-0.2, -0.15) is 0 Å². The van der Waals surface area contributed by atoms with E-state index in [1.54, 1.807) is 0 Å². The second kappa shape index (κ2) is 5.67. The van der Waals surface area contributed by atoms with E-state index in [9.17, 15) is 13.9 Å². The largest absolute Gasteiger partial charge is 0.496 e. The summed E-state index contributed by atoms with van der Waals surface area (Å²) in [7, 11) is 1.40. The van der Waals surface area contributed by atoms with Crippen LogP contribution in [0.25, 0.3) is 0 Å². The number of hydrogen-bond acceptors (Lipinski definition) is 2. The maximum absolute atomic E-state index is 13.7. The van der Waals surface area contributed by atoms with Crippen LogP contribution in [0.4, 0.5) is 8.78 Å². The molecule has 0 heterocycles. The smallest absolute Gasteiger partial charge is 0.129 e. The van der Waals surface area contributed by atoms with Gasteiger partial charge < -0.3 is 9.84 Å². The minimum Gasteiger partial charge on any atom is -0.496 e. The molecule has 2 nitrogen and oxygen atoms in total. The highest BCUT2D eigenvalue weighted by Crippen LogP contribution is 2.32. The molecule has 1 N–H and O–H groups in total. The highest BCUT2D eigenvalue weighted by atomic mass is 79.9. The summed E-state index contributed by atoms with van der Waals surface area (Å²) in [6.07, 6.45) is -1.30. The van der Waals surface area contributed by atoms with E-state index in [2.05, 4.69) is 15.9 Å².